The molecule has 2 N–H and O–H groups in total. The summed E-state index contributed by atoms with van der Waals surface area (Å²) < 4.78 is 10.7. The molecule has 5 nitrogen and oxygen atoms in total. The smallest absolute Gasteiger partial charge is 0.255 e. The number of hydrogen-bond acceptors (Lipinski definition) is 4. The third kappa shape index (κ3) is 4.14. The van der Waals surface area contributed by atoms with Gasteiger partial charge in [-0.1, -0.05) is 0 Å². The summed E-state index contributed by atoms with van der Waals surface area (Å²) in [5, 5.41) is 0. The molecule has 0 radical (unpaired) electrons. The zero-order valence-electron chi connectivity index (χ0n) is 9.80. The Hall–Kier alpha value is -2.04. The molecule has 0 atom stereocenters. The van der Waals surface area contributed by atoms with Crippen LogP contribution in [0.25, 0.3) is 0 Å². The van der Waals surface area contributed by atoms with Crippen molar-refractivity contribution in [2.24, 2.45) is 5.73 Å². The van der Waals surface area contributed by atoms with Crippen molar-refractivity contribution in [3.8, 4) is 11.5 Å². The molecular formula is C12H15NO4. The Morgan fingerprint density at radius 1 is 1.41 bits per heavy atom. The number of nitrogens with two attached hydrogens (primary N) is 1. The molecule has 1 aromatic carbocycles. The van der Waals surface area contributed by atoms with Gasteiger partial charge in [0.15, 0.2) is 18.1 Å². The maximum atomic E-state index is 10.7. The van der Waals surface area contributed by atoms with Crippen LogP contribution in [-0.2, 0) is 4.79 Å². The van der Waals surface area contributed by atoms with Crippen LogP contribution in [0.1, 0.15) is 24.2 Å². The van der Waals surface area contributed by atoms with Gasteiger partial charge in [0, 0.05) is 5.56 Å². The Morgan fingerprint density at radius 2 is 2.12 bits per heavy atom. The van der Waals surface area contributed by atoms with Crippen LogP contribution in [0.2, 0.25) is 0 Å². The molecule has 92 valence electrons. The Bertz CT molecular complexity index is 415. The van der Waals surface area contributed by atoms with Crippen LogP contribution < -0.4 is 15.2 Å². The number of hydrogen-bond donors (Lipinski definition) is 1. The van der Waals surface area contributed by atoms with Crippen molar-refractivity contribution < 1.29 is 19.1 Å². The lowest BCUT2D eigenvalue weighted by molar-refractivity contribution is -0.119. The molecule has 0 bridgehead atoms. The van der Waals surface area contributed by atoms with Gasteiger partial charge < -0.3 is 15.2 Å². The molecule has 0 saturated heterocycles. The van der Waals surface area contributed by atoms with Gasteiger partial charge >= 0.3 is 0 Å². The van der Waals surface area contributed by atoms with Gasteiger partial charge in [-0.05, 0) is 32.0 Å². The summed E-state index contributed by atoms with van der Waals surface area (Å²) in [6, 6.07) is 4.71. The van der Waals surface area contributed by atoms with E-state index in [0.717, 1.165) is 0 Å². The number of carbonyl (C=O) groups excluding carboxylic acids is 2. The highest BCUT2D eigenvalue weighted by molar-refractivity contribution is 5.77. The van der Waals surface area contributed by atoms with E-state index < -0.39 is 5.91 Å². The second-order valence-electron chi connectivity index (χ2n) is 3.75. The first kappa shape index (κ1) is 13.0. The van der Waals surface area contributed by atoms with Gasteiger partial charge in [-0.3, -0.25) is 9.59 Å². The highest BCUT2D eigenvalue weighted by atomic mass is 16.5. The van der Waals surface area contributed by atoms with Gasteiger partial charge in [0.25, 0.3) is 5.91 Å². The maximum absolute atomic E-state index is 10.7. The van der Waals surface area contributed by atoms with E-state index in [4.69, 9.17) is 15.2 Å². The predicted molar refractivity (Wildman–Crippen MR) is 62.3 cm³/mol. The molecule has 0 aliphatic heterocycles. The van der Waals surface area contributed by atoms with Crippen LogP contribution in [0.3, 0.4) is 0 Å². The Labute approximate surface area is 99.5 Å². The number of rotatable bonds is 6. The molecule has 0 unspecified atom stereocenters. The second kappa shape index (κ2) is 5.89. The van der Waals surface area contributed by atoms with Crippen molar-refractivity contribution in [3.05, 3.63) is 23.8 Å². The van der Waals surface area contributed by atoms with Gasteiger partial charge in [0.1, 0.15) is 6.29 Å². The molecule has 1 rings (SSSR count). The fourth-order valence-corrected chi connectivity index (χ4v) is 1.21. The van der Waals surface area contributed by atoms with Crippen LogP contribution in [0.5, 0.6) is 11.5 Å². The summed E-state index contributed by atoms with van der Waals surface area (Å²) in [5.41, 5.74) is 5.47. The molecule has 0 heterocycles. The van der Waals surface area contributed by atoms with Crippen LogP contribution in [0, 0.1) is 0 Å². The van der Waals surface area contributed by atoms with Crippen molar-refractivity contribution in [1.82, 2.24) is 0 Å². The Kier molecular flexibility index (Phi) is 4.51. The van der Waals surface area contributed by atoms with Gasteiger partial charge in [-0.25, -0.2) is 0 Å². The molecule has 0 aromatic heterocycles. The molecule has 0 aliphatic carbocycles. The Morgan fingerprint density at radius 3 is 2.65 bits per heavy atom. The van der Waals surface area contributed by atoms with E-state index in [-0.39, 0.29) is 12.7 Å². The van der Waals surface area contributed by atoms with E-state index in [9.17, 15) is 9.59 Å². The zero-order valence-corrected chi connectivity index (χ0v) is 9.80. The topological polar surface area (TPSA) is 78.6 Å². The first-order valence-electron chi connectivity index (χ1n) is 5.20. The zero-order chi connectivity index (χ0) is 12.8. The summed E-state index contributed by atoms with van der Waals surface area (Å²) in [6.07, 6.45) is 0.651. The molecular weight excluding hydrogens is 222 g/mol. The third-order valence-corrected chi connectivity index (χ3v) is 1.84. The number of benzene rings is 1. The van der Waals surface area contributed by atoms with Gasteiger partial charge in [0.2, 0.25) is 0 Å². The number of aldehydes is 1. The first-order chi connectivity index (χ1) is 8.02. The molecule has 17 heavy (non-hydrogen) atoms. The van der Waals surface area contributed by atoms with Crippen LogP contribution in [0.4, 0.5) is 0 Å². The average molecular weight is 237 g/mol. The molecule has 0 spiro atoms. The summed E-state index contributed by atoms with van der Waals surface area (Å²) >= 11 is 0. The van der Waals surface area contributed by atoms with Crippen molar-refractivity contribution in [3.63, 3.8) is 0 Å². The van der Waals surface area contributed by atoms with E-state index in [1.165, 1.54) is 0 Å². The largest absolute Gasteiger partial charge is 0.487 e. The third-order valence-electron chi connectivity index (χ3n) is 1.84. The minimum Gasteiger partial charge on any atom is -0.487 e. The lowest BCUT2D eigenvalue weighted by Crippen LogP contribution is -2.20. The van der Waals surface area contributed by atoms with Gasteiger partial charge in [0.05, 0.1) is 6.10 Å². The fourth-order valence-electron chi connectivity index (χ4n) is 1.21. The van der Waals surface area contributed by atoms with E-state index >= 15 is 0 Å². The normalized spacial score (nSPS) is 10.1. The minimum absolute atomic E-state index is 0.0622. The molecule has 0 fully saturated rings. The van der Waals surface area contributed by atoms with E-state index in [2.05, 4.69) is 0 Å². The van der Waals surface area contributed by atoms with Crippen molar-refractivity contribution in [2.75, 3.05) is 6.61 Å². The summed E-state index contributed by atoms with van der Waals surface area (Å²) in [4.78, 5) is 21.3. The van der Waals surface area contributed by atoms with Crippen LogP contribution >= 0.6 is 0 Å². The SMILES string of the molecule is CC(C)Oc1cc(C=O)ccc1OCC(N)=O. The molecule has 0 saturated carbocycles. The van der Waals surface area contributed by atoms with Crippen molar-refractivity contribution >= 4 is 12.2 Å². The van der Waals surface area contributed by atoms with Gasteiger partial charge in [-0.2, -0.15) is 0 Å². The number of amides is 1. The Balaban J connectivity index is 2.93. The highest BCUT2D eigenvalue weighted by Crippen LogP contribution is 2.28. The lowest BCUT2D eigenvalue weighted by atomic mass is 10.2. The maximum Gasteiger partial charge on any atom is 0.255 e. The van der Waals surface area contributed by atoms with E-state index in [0.29, 0.717) is 23.3 Å². The van der Waals surface area contributed by atoms with Crippen LogP contribution in [-0.4, -0.2) is 24.9 Å². The average Bonchev–Trinajstić information content (AvgIpc) is 2.26. The van der Waals surface area contributed by atoms with Gasteiger partial charge in [-0.15, -0.1) is 0 Å². The standard InChI is InChI=1S/C12H15NO4/c1-8(2)17-11-5-9(6-14)3-4-10(11)16-7-12(13)15/h3-6,8H,7H2,1-2H3,(H2,13,15). The highest BCUT2D eigenvalue weighted by Gasteiger charge is 2.09. The molecule has 1 aromatic rings. The predicted octanol–water partition coefficient (Wildman–Crippen LogP) is 1.15. The summed E-state index contributed by atoms with van der Waals surface area (Å²) in [7, 11) is 0. The van der Waals surface area contributed by atoms with E-state index in [1.54, 1.807) is 18.2 Å². The number of carbonyl (C=O) groups is 2. The molecule has 0 aliphatic rings. The van der Waals surface area contributed by atoms with Crippen LogP contribution in [0.15, 0.2) is 18.2 Å². The summed E-state index contributed by atoms with van der Waals surface area (Å²) in [5.74, 6) is 0.244. The minimum atomic E-state index is -0.569. The number of ether oxygens (including phenoxy) is 2. The second-order valence-corrected chi connectivity index (χ2v) is 3.75. The van der Waals surface area contributed by atoms with Crippen molar-refractivity contribution in [2.45, 2.75) is 20.0 Å². The molecule has 5 heteroatoms. The van der Waals surface area contributed by atoms with Crippen molar-refractivity contribution in [1.29, 1.82) is 0 Å². The molecule has 1 amide bonds. The summed E-state index contributed by atoms with van der Waals surface area (Å²) in [6.45, 7) is 3.48. The number of primary amides is 1. The van der Waals surface area contributed by atoms with E-state index in [1.807, 2.05) is 13.8 Å². The quantitative estimate of drug-likeness (QED) is 0.753. The monoisotopic (exact) mass is 237 g/mol. The first-order valence-corrected chi connectivity index (χ1v) is 5.20. The lowest BCUT2D eigenvalue weighted by Gasteiger charge is -2.14. The fraction of sp³-hybridized carbons (Fsp3) is 0.333.